The third-order valence-corrected chi connectivity index (χ3v) is 2.92. The van der Waals surface area contributed by atoms with Crippen LogP contribution < -0.4 is 0 Å². The van der Waals surface area contributed by atoms with E-state index in [-0.39, 0.29) is 22.2 Å². The van der Waals surface area contributed by atoms with E-state index in [1.165, 1.54) is 23.3 Å². The molecule has 1 heterocycles. The normalized spacial score (nSPS) is 15.5. The van der Waals surface area contributed by atoms with Gasteiger partial charge < -0.3 is 0 Å². The van der Waals surface area contributed by atoms with Crippen molar-refractivity contribution >= 4 is 23.2 Å². The van der Waals surface area contributed by atoms with E-state index >= 15 is 0 Å². The first-order valence-corrected chi connectivity index (χ1v) is 5.86. The van der Waals surface area contributed by atoms with Crippen molar-refractivity contribution in [3.8, 4) is 0 Å². The Hall–Kier alpha value is -1.66. The van der Waals surface area contributed by atoms with E-state index in [9.17, 15) is 14.9 Å². The Morgan fingerprint density at radius 2 is 2.22 bits per heavy atom. The summed E-state index contributed by atoms with van der Waals surface area (Å²) in [4.78, 5) is 27.2. The molecule has 1 aromatic rings. The summed E-state index contributed by atoms with van der Waals surface area (Å²) in [5.74, 6) is -0.327. The summed E-state index contributed by atoms with van der Waals surface area (Å²) in [7, 11) is 0. The molecule has 1 amide bonds. The summed E-state index contributed by atoms with van der Waals surface area (Å²) in [6.45, 7) is 1.03. The third-order valence-electron chi connectivity index (χ3n) is 2.62. The number of halogens is 1. The number of hydrogen-bond acceptors (Lipinski definition) is 4. The largest absolute Gasteiger partial charge is 0.287 e. The standard InChI is InChI=1S/C11H11ClN2O4/c12-9-7-8(3-4-10(9)14(16)17)11(15)13-5-1-2-6-18-13/h3-4,7H,1-2,5-6H2. The van der Waals surface area contributed by atoms with Crippen molar-refractivity contribution in [3.63, 3.8) is 0 Å². The maximum atomic E-state index is 12.0. The van der Waals surface area contributed by atoms with Crippen molar-refractivity contribution in [2.45, 2.75) is 12.8 Å². The molecule has 0 bridgehead atoms. The van der Waals surface area contributed by atoms with E-state index in [2.05, 4.69) is 0 Å². The maximum Gasteiger partial charge on any atom is 0.287 e. The van der Waals surface area contributed by atoms with Gasteiger partial charge in [-0.05, 0) is 25.0 Å². The fourth-order valence-electron chi connectivity index (χ4n) is 1.69. The quantitative estimate of drug-likeness (QED) is 0.611. The molecule has 96 valence electrons. The summed E-state index contributed by atoms with van der Waals surface area (Å²) < 4.78 is 0. The molecule has 0 radical (unpaired) electrons. The fraction of sp³-hybridized carbons (Fsp3) is 0.364. The number of carbonyl (C=O) groups excluding carboxylic acids is 1. The van der Waals surface area contributed by atoms with E-state index in [4.69, 9.17) is 16.4 Å². The molecule has 0 spiro atoms. The molecule has 1 fully saturated rings. The Bertz CT molecular complexity index is 486. The van der Waals surface area contributed by atoms with Crippen LogP contribution in [0.4, 0.5) is 5.69 Å². The molecular formula is C11H11ClN2O4. The monoisotopic (exact) mass is 270 g/mol. The van der Waals surface area contributed by atoms with Crippen LogP contribution in [0.15, 0.2) is 18.2 Å². The summed E-state index contributed by atoms with van der Waals surface area (Å²) in [6, 6.07) is 3.89. The van der Waals surface area contributed by atoms with Gasteiger partial charge in [-0.3, -0.25) is 19.7 Å². The van der Waals surface area contributed by atoms with Gasteiger partial charge in [-0.15, -0.1) is 0 Å². The highest BCUT2D eigenvalue weighted by atomic mass is 35.5. The van der Waals surface area contributed by atoms with E-state index in [0.29, 0.717) is 13.2 Å². The number of hydrogen-bond donors (Lipinski definition) is 0. The van der Waals surface area contributed by atoms with Crippen LogP contribution in [0.3, 0.4) is 0 Å². The molecule has 7 heteroatoms. The number of nitro benzene ring substituents is 1. The molecular weight excluding hydrogens is 260 g/mol. The highest BCUT2D eigenvalue weighted by Gasteiger charge is 2.21. The maximum absolute atomic E-state index is 12.0. The number of hydroxylamine groups is 2. The van der Waals surface area contributed by atoms with E-state index in [1.54, 1.807) is 0 Å². The predicted molar refractivity (Wildman–Crippen MR) is 64.3 cm³/mol. The molecule has 0 aliphatic carbocycles. The average Bonchev–Trinajstić information content (AvgIpc) is 2.38. The number of carbonyl (C=O) groups is 1. The van der Waals surface area contributed by atoms with Gasteiger partial charge in [0.05, 0.1) is 11.5 Å². The first-order chi connectivity index (χ1) is 8.59. The van der Waals surface area contributed by atoms with Gasteiger partial charge in [0.1, 0.15) is 5.02 Å². The predicted octanol–water partition coefficient (Wildman–Crippen LogP) is 2.42. The molecule has 0 unspecified atom stereocenters. The molecule has 1 aromatic carbocycles. The minimum atomic E-state index is -0.589. The molecule has 1 aliphatic heterocycles. The minimum absolute atomic E-state index is 0.0529. The average molecular weight is 271 g/mol. The SMILES string of the molecule is O=C(c1ccc([N+](=O)[O-])c(Cl)c1)N1CCCCO1. The van der Waals surface area contributed by atoms with Crippen molar-refractivity contribution in [3.05, 3.63) is 38.9 Å². The molecule has 18 heavy (non-hydrogen) atoms. The Morgan fingerprint density at radius 1 is 1.44 bits per heavy atom. The van der Waals surface area contributed by atoms with Crippen LogP contribution in [0.2, 0.25) is 5.02 Å². The van der Waals surface area contributed by atoms with Gasteiger partial charge in [0.25, 0.3) is 11.6 Å². The second kappa shape index (κ2) is 5.32. The van der Waals surface area contributed by atoms with Crippen LogP contribution in [0.5, 0.6) is 0 Å². The van der Waals surface area contributed by atoms with Crippen molar-refractivity contribution in [2.24, 2.45) is 0 Å². The topological polar surface area (TPSA) is 72.7 Å². The molecule has 0 atom stereocenters. The van der Waals surface area contributed by atoms with Gasteiger partial charge in [-0.2, -0.15) is 0 Å². The fourth-order valence-corrected chi connectivity index (χ4v) is 1.94. The molecule has 1 aliphatic rings. The zero-order chi connectivity index (χ0) is 13.1. The van der Waals surface area contributed by atoms with E-state index in [0.717, 1.165) is 12.8 Å². The Kier molecular flexibility index (Phi) is 3.78. The minimum Gasteiger partial charge on any atom is -0.271 e. The van der Waals surface area contributed by atoms with Crippen LogP contribution in [0, 0.1) is 10.1 Å². The zero-order valence-electron chi connectivity index (χ0n) is 9.47. The van der Waals surface area contributed by atoms with Crippen LogP contribution in [-0.4, -0.2) is 29.0 Å². The van der Waals surface area contributed by atoms with Gasteiger partial charge in [-0.25, -0.2) is 5.06 Å². The van der Waals surface area contributed by atoms with Crippen LogP contribution >= 0.6 is 11.6 Å². The van der Waals surface area contributed by atoms with E-state index < -0.39 is 4.92 Å². The summed E-state index contributed by atoms with van der Waals surface area (Å²) in [5, 5.41) is 11.8. The number of rotatable bonds is 2. The van der Waals surface area contributed by atoms with Gasteiger partial charge in [-0.1, -0.05) is 11.6 Å². The summed E-state index contributed by atoms with van der Waals surface area (Å²) in [5.41, 5.74) is 0.0697. The zero-order valence-corrected chi connectivity index (χ0v) is 10.2. The molecule has 6 nitrogen and oxygen atoms in total. The van der Waals surface area contributed by atoms with Crippen molar-refractivity contribution in [1.82, 2.24) is 5.06 Å². The van der Waals surface area contributed by atoms with Gasteiger partial charge in [0, 0.05) is 18.2 Å². The Balaban J connectivity index is 2.20. The first kappa shape index (κ1) is 12.8. The first-order valence-electron chi connectivity index (χ1n) is 5.48. The Morgan fingerprint density at radius 3 is 2.78 bits per heavy atom. The lowest BCUT2D eigenvalue weighted by atomic mass is 10.2. The Labute approximate surface area is 108 Å². The number of nitro groups is 1. The number of amides is 1. The van der Waals surface area contributed by atoms with Crippen molar-refractivity contribution < 1.29 is 14.6 Å². The second-order valence-corrected chi connectivity index (χ2v) is 4.28. The lowest BCUT2D eigenvalue weighted by Gasteiger charge is -2.25. The van der Waals surface area contributed by atoms with Gasteiger partial charge in [0.2, 0.25) is 0 Å². The second-order valence-electron chi connectivity index (χ2n) is 3.87. The highest BCUT2D eigenvalue weighted by Crippen LogP contribution is 2.25. The van der Waals surface area contributed by atoms with E-state index in [1.807, 2.05) is 0 Å². The lowest BCUT2D eigenvalue weighted by molar-refractivity contribution is -0.384. The van der Waals surface area contributed by atoms with Crippen molar-refractivity contribution in [2.75, 3.05) is 13.2 Å². The van der Waals surface area contributed by atoms with Crippen molar-refractivity contribution in [1.29, 1.82) is 0 Å². The smallest absolute Gasteiger partial charge is 0.271 e. The lowest BCUT2D eigenvalue weighted by Crippen LogP contribution is -2.35. The highest BCUT2D eigenvalue weighted by molar-refractivity contribution is 6.33. The van der Waals surface area contributed by atoms with Gasteiger partial charge in [0.15, 0.2) is 0 Å². The number of benzene rings is 1. The van der Waals surface area contributed by atoms with Crippen LogP contribution in [-0.2, 0) is 4.84 Å². The molecule has 0 aromatic heterocycles. The summed E-state index contributed by atoms with van der Waals surface area (Å²) >= 11 is 5.75. The molecule has 0 N–H and O–H groups in total. The van der Waals surface area contributed by atoms with Crippen LogP contribution in [0.1, 0.15) is 23.2 Å². The van der Waals surface area contributed by atoms with Crippen LogP contribution in [0.25, 0.3) is 0 Å². The number of nitrogens with zero attached hydrogens (tertiary/aromatic N) is 2. The summed E-state index contributed by atoms with van der Waals surface area (Å²) in [6.07, 6.45) is 1.80. The third kappa shape index (κ3) is 2.60. The molecule has 1 saturated heterocycles. The molecule has 0 saturated carbocycles. The molecule has 2 rings (SSSR count). The van der Waals surface area contributed by atoms with Gasteiger partial charge >= 0.3 is 0 Å².